The van der Waals surface area contributed by atoms with Gasteiger partial charge in [-0.15, -0.1) is 0 Å². The Kier molecular flexibility index (Phi) is 4.90. The number of fused-ring (bicyclic) bond motifs is 2. The highest BCUT2D eigenvalue weighted by atomic mass is 19.1. The minimum atomic E-state index is -0.289. The highest BCUT2D eigenvalue weighted by Crippen LogP contribution is 2.42. The number of carbonyl (C=O) groups excluding carboxylic acids is 1. The van der Waals surface area contributed by atoms with E-state index in [-0.39, 0.29) is 18.1 Å². The molecule has 5 rings (SSSR count). The lowest BCUT2D eigenvalue weighted by atomic mass is 9.86. The number of benzene rings is 2. The lowest BCUT2D eigenvalue weighted by Gasteiger charge is -2.32. The van der Waals surface area contributed by atoms with Gasteiger partial charge in [0, 0.05) is 42.6 Å². The summed E-state index contributed by atoms with van der Waals surface area (Å²) in [6.07, 6.45) is 5.19. The van der Waals surface area contributed by atoms with Crippen LogP contribution in [0.2, 0.25) is 0 Å². The molecule has 3 aliphatic heterocycles. The zero-order valence-electron chi connectivity index (χ0n) is 16.6. The average molecular weight is 395 g/mol. The smallest absolute Gasteiger partial charge is 0.226 e. The van der Waals surface area contributed by atoms with E-state index in [4.69, 9.17) is 9.47 Å². The Morgan fingerprint density at radius 3 is 2.76 bits per heavy atom. The Hall–Kier alpha value is -2.56. The maximum Gasteiger partial charge on any atom is 0.226 e. The van der Waals surface area contributed by atoms with E-state index in [9.17, 15) is 9.18 Å². The molecule has 0 N–H and O–H groups in total. The molecule has 29 heavy (non-hydrogen) atoms. The van der Waals surface area contributed by atoms with Gasteiger partial charge in [-0.25, -0.2) is 4.39 Å². The lowest BCUT2D eigenvalue weighted by Crippen LogP contribution is -2.39. The monoisotopic (exact) mass is 395 g/mol. The quantitative estimate of drug-likeness (QED) is 0.792. The van der Waals surface area contributed by atoms with Gasteiger partial charge in [-0.2, -0.15) is 0 Å². The zero-order valence-corrected chi connectivity index (χ0v) is 16.6. The molecule has 0 bridgehead atoms. The number of piperidine rings is 1. The van der Waals surface area contributed by atoms with E-state index in [1.807, 2.05) is 11.0 Å². The normalized spacial score (nSPS) is 18.2. The van der Waals surface area contributed by atoms with Crippen LogP contribution in [0, 0.1) is 11.7 Å². The summed E-state index contributed by atoms with van der Waals surface area (Å²) in [6, 6.07) is 8.50. The first kappa shape index (κ1) is 18.5. The number of likely N-dealkylation sites (tertiary alicyclic amines) is 1. The van der Waals surface area contributed by atoms with E-state index in [2.05, 4.69) is 6.07 Å². The molecule has 152 valence electrons. The minimum Gasteiger partial charge on any atom is -0.493 e. The summed E-state index contributed by atoms with van der Waals surface area (Å²) in [4.78, 5) is 14.5. The number of carbonyl (C=O) groups is 1. The van der Waals surface area contributed by atoms with Gasteiger partial charge in [0.25, 0.3) is 0 Å². The second-order valence-electron chi connectivity index (χ2n) is 8.35. The third kappa shape index (κ3) is 3.70. The maximum absolute atomic E-state index is 13.4. The van der Waals surface area contributed by atoms with Crippen LogP contribution in [-0.2, 0) is 30.5 Å². The fourth-order valence-corrected chi connectivity index (χ4v) is 4.91. The summed E-state index contributed by atoms with van der Waals surface area (Å²) in [6.45, 7) is 3.07. The van der Waals surface area contributed by atoms with Crippen LogP contribution in [0.4, 0.5) is 4.39 Å². The van der Waals surface area contributed by atoms with Crippen LogP contribution < -0.4 is 9.47 Å². The van der Waals surface area contributed by atoms with Crippen LogP contribution in [0.5, 0.6) is 11.5 Å². The van der Waals surface area contributed by atoms with Gasteiger partial charge in [0.15, 0.2) is 0 Å². The fraction of sp³-hybridized carbons (Fsp3) is 0.458. The Balaban J connectivity index is 1.23. The largest absolute Gasteiger partial charge is 0.493 e. The molecule has 0 radical (unpaired) electrons. The number of ether oxygens (including phenoxy) is 2. The number of amides is 1. The number of halogens is 1. The second kappa shape index (κ2) is 7.69. The fourth-order valence-electron chi connectivity index (χ4n) is 4.91. The first-order valence-electron chi connectivity index (χ1n) is 10.6. The van der Waals surface area contributed by atoms with Crippen molar-refractivity contribution in [1.82, 2.24) is 4.90 Å². The minimum absolute atomic E-state index is 0.0901. The van der Waals surface area contributed by atoms with E-state index in [1.54, 1.807) is 6.07 Å². The molecule has 3 heterocycles. The Labute approximate surface area is 170 Å². The Morgan fingerprint density at radius 2 is 1.93 bits per heavy atom. The van der Waals surface area contributed by atoms with Crippen LogP contribution >= 0.6 is 0 Å². The first-order chi connectivity index (χ1) is 14.2. The molecule has 0 atom stereocenters. The molecule has 2 aromatic rings. The van der Waals surface area contributed by atoms with Crippen LogP contribution in [0.15, 0.2) is 30.3 Å². The van der Waals surface area contributed by atoms with Gasteiger partial charge in [0.2, 0.25) is 5.91 Å². The van der Waals surface area contributed by atoms with Crippen molar-refractivity contribution in [3.63, 3.8) is 0 Å². The topological polar surface area (TPSA) is 38.8 Å². The van der Waals surface area contributed by atoms with Gasteiger partial charge in [-0.3, -0.25) is 4.79 Å². The van der Waals surface area contributed by atoms with Crippen LogP contribution in [0.1, 0.15) is 35.1 Å². The van der Waals surface area contributed by atoms with E-state index in [0.29, 0.717) is 5.92 Å². The van der Waals surface area contributed by atoms with Crippen molar-refractivity contribution < 1.29 is 18.7 Å². The van der Waals surface area contributed by atoms with E-state index >= 15 is 0 Å². The molecule has 0 unspecified atom stereocenters. The predicted octanol–water partition coefficient (Wildman–Crippen LogP) is 3.72. The van der Waals surface area contributed by atoms with Crippen LogP contribution in [0.25, 0.3) is 0 Å². The SMILES string of the molecule is O=C(Cc1cccc(F)c1)N1CCC(Cc2c3c(cc4c2OCC4)OCC3)CC1. The predicted molar refractivity (Wildman–Crippen MR) is 108 cm³/mol. The van der Waals surface area contributed by atoms with Crippen molar-refractivity contribution >= 4 is 5.91 Å². The molecule has 5 heteroatoms. The first-order valence-corrected chi connectivity index (χ1v) is 10.6. The molecule has 0 saturated carbocycles. The molecule has 3 aliphatic rings. The summed E-state index contributed by atoms with van der Waals surface area (Å²) in [5.41, 5.74) is 4.69. The van der Waals surface area contributed by atoms with E-state index < -0.39 is 0 Å². The van der Waals surface area contributed by atoms with Crippen LogP contribution in [-0.4, -0.2) is 37.1 Å². The Bertz CT molecular complexity index is 902. The van der Waals surface area contributed by atoms with Gasteiger partial charge in [0.05, 0.1) is 19.6 Å². The summed E-state index contributed by atoms with van der Waals surface area (Å²) in [5, 5.41) is 0. The van der Waals surface area contributed by atoms with Crippen molar-refractivity contribution in [2.45, 2.75) is 38.5 Å². The zero-order chi connectivity index (χ0) is 19.8. The lowest BCUT2D eigenvalue weighted by molar-refractivity contribution is -0.131. The van der Waals surface area contributed by atoms with Crippen molar-refractivity contribution in [1.29, 1.82) is 0 Å². The second-order valence-corrected chi connectivity index (χ2v) is 8.35. The summed E-state index contributed by atoms with van der Waals surface area (Å²) >= 11 is 0. The molecule has 1 fully saturated rings. The van der Waals surface area contributed by atoms with Gasteiger partial charge < -0.3 is 14.4 Å². The van der Waals surface area contributed by atoms with Crippen LogP contribution in [0.3, 0.4) is 0 Å². The van der Waals surface area contributed by atoms with E-state index in [1.165, 1.54) is 28.8 Å². The van der Waals surface area contributed by atoms with Gasteiger partial charge in [-0.1, -0.05) is 12.1 Å². The Morgan fingerprint density at radius 1 is 1.10 bits per heavy atom. The molecule has 0 aliphatic carbocycles. The van der Waals surface area contributed by atoms with Gasteiger partial charge >= 0.3 is 0 Å². The molecular formula is C24H26FNO3. The van der Waals surface area contributed by atoms with Gasteiger partial charge in [-0.05, 0) is 48.9 Å². The molecular weight excluding hydrogens is 369 g/mol. The molecule has 4 nitrogen and oxygen atoms in total. The highest BCUT2D eigenvalue weighted by Gasteiger charge is 2.30. The van der Waals surface area contributed by atoms with Crippen molar-refractivity contribution in [2.75, 3.05) is 26.3 Å². The molecule has 1 saturated heterocycles. The number of hydrogen-bond acceptors (Lipinski definition) is 3. The third-order valence-electron chi connectivity index (χ3n) is 6.46. The highest BCUT2D eigenvalue weighted by molar-refractivity contribution is 5.78. The maximum atomic E-state index is 13.4. The molecule has 0 spiro atoms. The van der Waals surface area contributed by atoms with Crippen molar-refractivity contribution in [3.8, 4) is 11.5 Å². The van der Waals surface area contributed by atoms with Crippen molar-refractivity contribution in [2.24, 2.45) is 5.92 Å². The third-order valence-corrected chi connectivity index (χ3v) is 6.46. The molecule has 0 aromatic heterocycles. The molecule has 1 amide bonds. The standard InChI is InChI=1S/C24H26FNO3/c25-19-3-1-2-17(12-19)14-23(27)26-8-4-16(5-9-26)13-21-20-7-11-28-22(20)15-18-6-10-29-24(18)21/h1-3,12,15-16H,4-11,13-14H2. The number of nitrogens with zero attached hydrogens (tertiary/aromatic N) is 1. The summed E-state index contributed by atoms with van der Waals surface area (Å²) < 4.78 is 25.2. The van der Waals surface area contributed by atoms with Gasteiger partial charge in [0.1, 0.15) is 17.3 Å². The molecule has 2 aromatic carbocycles. The average Bonchev–Trinajstić information content (AvgIpc) is 3.37. The number of hydrogen-bond donors (Lipinski definition) is 0. The summed E-state index contributed by atoms with van der Waals surface area (Å²) in [5.74, 6) is 2.50. The van der Waals surface area contributed by atoms with Crippen molar-refractivity contribution in [3.05, 3.63) is 58.4 Å². The van der Waals surface area contributed by atoms with E-state index in [0.717, 1.165) is 75.5 Å². The summed E-state index contributed by atoms with van der Waals surface area (Å²) in [7, 11) is 0. The number of rotatable bonds is 4.